The minimum Gasteiger partial charge on any atom is -0.387 e. The van der Waals surface area contributed by atoms with E-state index in [1.54, 1.807) is 0 Å². The van der Waals surface area contributed by atoms with Gasteiger partial charge < -0.3 is 5.11 Å². The van der Waals surface area contributed by atoms with E-state index in [1.165, 1.54) is 18.2 Å². The molecule has 0 aromatic heterocycles. The zero-order valence-electron chi connectivity index (χ0n) is 11.1. The van der Waals surface area contributed by atoms with Gasteiger partial charge in [-0.2, -0.15) is 0 Å². The summed E-state index contributed by atoms with van der Waals surface area (Å²) >= 11 is 0. The van der Waals surface area contributed by atoms with E-state index in [1.807, 2.05) is 4.72 Å². The van der Waals surface area contributed by atoms with Crippen LogP contribution in [0.4, 0.5) is 13.2 Å². The van der Waals surface area contributed by atoms with Gasteiger partial charge in [0.2, 0.25) is 10.0 Å². The molecular formula is C14H12F3NO3S. The average Bonchev–Trinajstić information content (AvgIpc) is 2.48. The van der Waals surface area contributed by atoms with Crippen LogP contribution in [0, 0.1) is 17.5 Å². The molecule has 0 amide bonds. The van der Waals surface area contributed by atoms with Crippen molar-refractivity contribution in [3.63, 3.8) is 0 Å². The Kier molecular flexibility index (Phi) is 4.84. The van der Waals surface area contributed by atoms with Crippen molar-refractivity contribution < 1.29 is 26.7 Å². The maximum Gasteiger partial charge on any atom is 0.240 e. The maximum absolute atomic E-state index is 13.5. The molecule has 0 saturated carbocycles. The Labute approximate surface area is 125 Å². The fourth-order valence-corrected chi connectivity index (χ4v) is 2.82. The van der Waals surface area contributed by atoms with Gasteiger partial charge >= 0.3 is 0 Å². The van der Waals surface area contributed by atoms with Gasteiger partial charge in [0.1, 0.15) is 5.82 Å². The SMILES string of the molecule is O=S(=O)(NC[C@H](O)c1ccccc1F)c1ccc(F)c(F)c1. The van der Waals surface area contributed by atoms with Crippen LogP contribution < -0.4 is 4.72 Å². The van der Waals surface area contributed by atoms with Crippen LogP contribution >= 0.6 is 0 Å². The lowest BCUT2D eigenvalue weighted by Crippen LogP contribution is -2.29. The Morgan fingerprint density at radius 1 is 1.00 bits per heavy atom. The lowest BCUT2D eigenvalue weighted by molar-refractivity contribution is 0.177. The first-order valence-corrected chi connectivity index (χ1v) is 7.67. The number of halogens is 3. The fourth-order valence-electron chi connectivity index (χ4n) is 1.77. The van der Waals surface area contributed by atoms with Crippen molar-refractivity contribution in [3.05, 3.63) is 65.5 Å². The summed E-state index contributed by atoms with van der Waals surface area (Å²) in [6.07, 6.45) is -1.42. The zero-order chi connectivity index (χ0) is 16.3. The van der Waals surface area contributed by atoms with Crippen molar-refractivity contribution in [2.75, 3.05) is 6.54 Å². The van der Waals surface area contributed by atoms with E-state index in [0.717, 1.165) is 12.1 Å². The lowest BCUT2D eigenvalue weighted by Gasteiger charge is -2.13. The summed E-state index contributed by atoms with van der Waals surface area (Å²) in [6.45, 7) is -0.512. The van der Waals surface area contributed by atoms with Crippen LogP contribution in [-0.2, 0) is 10.0 Å². The number of benzene rings is 2. The third-order valence-corrected chi connectivity index (χ3v) is 4.35. The Morgan fingerprint density at radius 3 is 2.32 bits per heavy atom. The topological polar surface area (TPSA) is 66.4 Å². The summed E-state index contributed by atoms with van der Waals surface area (Å²) in [5.74, 6) is -3.16. The molecule has 1 atom stereocenters. The smallest absolute Gasteiger partial charge is 0.240 e. The summed E-state index contributed by atoms with van der Waals surface area (Å²) in [5, 5.41) is 9.81. The van der Waals surface area contributed by atoms with Gasteiger partial charge in [0.05, 0.1) is 11.0 Å². The molecule has 0 aliphatic heterocycles. The lowest BCUT2D eigenvalue weighted by atomic mass is 10.1. The minimum atomic E-state index is -4.15. The molecule has 0 fully saturated rings. The molecule has 0 unspecified atom stereocenters. The van der Waals surface area contributed by atoms with Crippen molar-refractivity contribution in [3.8, 4) is 0 Å². The highest BCUT2D eigenvalue weighted by Gasteiger charge is 2.19. The van der Waals surface area contributed by atoms with Crippen molar-refractivity contribution >= 4 is 10.0 Å². The summed E-state index contributed by atoms with van der Waals surface area (Å²) < 4.78 is 65.1. The molecule has 0 saturated heterocycles. The quantitative estimate of drug-likeness (QED) is 0.882. The van der Waals surface area contributed by atoms with Crippen LogP contribution in [-0.4, -0.2) is 20.1 Å². The van der Waals surface area contributed by atoms with Gasteiger partial charge in [0, 0.05) is 12.1 Å². The van der Waals surface area contributed by atoms with E-state index in [2.05, 4.69) is 0 Å². The van der Waals surface area contributed by atoms with Crippen LogP contribution in [0.15, 0.2) is 47.4 Å². The third kappa shape index (κ3) is 3.65. The number of nitrogens with one attached hydrogen (secondary N) is 1. The Balaban J connectivity index is 2.13. The number of aliphatic hydroxyl groups excluding tert-OH is 1. The summed E-state index contributed by atoms with van der Waals surface area (Å²) in [5.41, 5.74) is -0.0736. The largest absolute Gasteiger partial charge is 0.387 e. The van der Waals surface area contributed by atoms with E-state index < -0.39 is 45.0 Å². The number of aliphatic hydroxyl groups is 1. The van der Waals surface area contributed by atoms with Crippen molar-refractivity contribution in [1.82, 2.24) is 4.72 Å². The van der Waals surface area contributed by atoms with Gasteiger partial charge in [-0.3, -0.25) is 0 Å². The van der Waals surface area contributed by atoms with E-state index in [9.17, 15) is 26.7 Å². The fraction of sp³-hybridized carbons (Fsp3) is 0.143. The minimum absolute atomic E-state index is 0.0736. The molecule has 118 valence electrons. The van der Waals surface area contributed by atoms with Crippen LogP contribution in [0.2, 0.25) is 0 Å². The van der Waals surface area contributed by atoms with Gasteiger partial charge in [-0.25, -0.2) is 26.3 Å². The number of hydrogen-bond acceptors (Lipinski definition) is 3. The second-order valence-electron chi connectivity index (χ2n) is 4.47. The van der Waals surface area contributed by atoms with Gasteiger partial charge in [-0.15, -0.1) is 0 Å². The van der Waals surface area contributed by atoms with Crippen LogP contribution in [0.1, 0.15) is 11.7 Å². The van der Waals surface area contributed by atoms with E-state index >= 15 is 0 Å². The normalized spacial score (nSPS) is 13.1. The molecule has 4 nitrogen and oxygen atoms in total. The molecule has 0 aliphatic rings. The average molecular weight is 331 g/mol. The zero-order valence-corrected chi connectivity index (χ0v) is 11.9. The summed E-state index contributed by atoms with van der Waals surface area (Å²) in [7, 11) is -4.15. The van der Waals surface area contributed by atoms with Crippen molar-refractivity contribution in [1.29, 1.82) is 0 Å². The van der Waals surface area contributed by atoms with Crippen molar-refractivity contribution in [2.45, 2.75) is 11.0 Å². The molecule has 0 bridgehead atoms. The first-order chi connectivity index (χ1) is 10.3. The molecule has 2 rings (SSSR count). The Morgan fingerprint density at radius 2 is 1.68 bits per heavy atom. The first-order valence-electron chi connectivity index (χ1n) is 6.18. The highest BCUT2D eigenvalue weighted by atomic mass is 32.2. The van der Waals surface area contributed by atoms with E-state index in [-0.39, 0.29) is 5.56 Å². The predicted octanol–water partition coefficient (Wildman–Crippen LogP) is 2.12. The summed E-state index contributed by atoms with van der Waals surface area (Å²) in [6, 6.07) is 7.44. The van der Waals surface area contributed by atoms with E-state index in [0.29, 0.717) is 12.1 Å². The highest BCUT2D eigenvalue weighted by Crippen LogP contribution is 2.18. The first kappa shape index (κ1) is 16.5. The molecule has 8 heteroatoms. The molecule has 2 aromatic carbocycles. The number of rotatable bonds is 5. The predicted molar refractivity (Wildman–Crippen MR) is 72.9 cm³/mol. The molecule has 0 spiro atoms. The molecule has 0 radical (unpaired) electrons. The van der Waals surface area contributed by atoms with Crippen LogP contribution in [0.25, 0.3) is 0 Å². The molecule has 2 N–H and O–H groups in total. The van der Waals surface area contributed by atoms with Crippen LogP contribution in [0.3, 0.4) is 0 Å². The Hall–Kier alpha value is -1.90. The monoisotopic (exact) mass is 331 g/mol. The Bertz CT molecular complexity index is 781. The second kappa shape index (κ2) is 6.47. The number of sulfonamides is 1. The molecule has 0 heterocycles. The van der Waals surface area contributed by atoms with Gasteiger partial charge in [-0.05, 0) is 24.3 Å². The highest BCUT2D eigenvalue weighted by molar-refractivity contribution is 7.89. The summed E-state index contributed by atoms with van der Waals surface area (Å²) in [4.78, 5) is -0.493. The molecular weight excluding hydrogens is 319 g/mol. The van der Waals surface area contributed by atoms with Gasteiger partial charge in [0.15, 0.2) is 11.6 Å². The standard InChI is InChI=1S/C14H12F3NO3S/c15-11-4-2-1-3-10(11)14(19)8-18-22(20,21)9-5-6-12(16)13(17)7-9/h1-7,14,18-19H,8H2/t14-/m0/s1. The van der Waals surface area contributed by atoms with Gasteiger partial charge in [0.25, 0.3) is 0 Å². The van der Waals surface area contributed by atoms with E-state index in [4.69, 9.17) is 0 Å². The second-order valence-corrected chi connectivity index (χ2v) is 6.23. The third-order valence-electron chi connectivity index (χ3n) is 2.93. The molecule has 0 aliphatic carbocycles. The molecule has 22 heavy (non-hydrogen) atoms. The maximum atomic E-state index is 13.5. The van der Waals surface area contributed by atoms with Crippen LogP contribution in [0.5, 0.6) is 0 Å². The molecule has 2 aromatic rings. The van der Waals surface area contributed by atoms with Gasteiger partial charge in [-0.1, -0.05) is 18.2 Å². The number of hydrogen-bond donors (Lipinski definition) is 2. The van der Waals surface area contributed by atoms with Crippen molar-refractivity contribution in [2.24, 2.45) is 0 Å².